The SMILES string of the molecule is CC#CCC(CCCC)NC(C)C. The van der Waals surface area contributed by atoms with Crippen LogP contribution in [0.5, 0.6) is 0 Å². The van der Waals surface area contributed by atoms with Gasteiger partial charge in [-0.2, -0.15) is 0 Å². The van der Waals surface area contributed by atoms with Crippen molar-refractivity contribution in [1.29, 1.82) is 0 Å². The van der Waals surface area contributed by atoms with Gasteiger partial charge in [0.05, 0.1) is 0 Å². The van der Waals surface area contributed by atoms with E-state index in [-0.39, 0.29) is 0 Å². The minimum atomic E-state index is 0.570. The molecule has 0 spiro atoms. The van der Waals surface area contributed by atoms with Gasteiger partial charge in [0.2, 0.25) is 0 Å². The first-order chi connectivity index (χ1) is 6.20. The number of hydrogen-bond acceptors (Lipinski definition) is 1. The Morgan fingerprint density at radius 2 is 2.00 bits per heavy atom. The largest absolute Gasteiger partial charge is 0.311 e. The zero-order valence-corrected chi connectivity index (χ0v) is 9.48. The lowest BCUT2D eigenvalue weighted by molar-refractivity contribution is 0.433. The van der Waals surface area contributed by atoms with E-state index >= 15 is 0 Å². The van der Waals surface area contributed by atoms with E-state index in [9.17, 15) is 0 Å². The Morgan fingerprint density at radius 3 is 2.46 bits per heavy atom. The lowest BCUT2D eigenvalue weighted by atomic mass is 10.1. The molecule has 0 radical (unpaired) electrons. The molecule has 0 fully saturated rings. The number of unbranched alkanes of at least 4 members (excludes halogenated alkanes) is 1. The van der Waals surface area contributed by atoms with Crippen molar-refractivity contribution in [2.75, 3.05) is 0 Å². The Balaban J connectivity index is 3.77. The Morgan fingerprint density at radius 1 is 1.31 bits per heavy atom. The van der Waals surface area contributed by atoms with E-state index in [1.165, 1.54) is 19.3 Å². The number of hydrogen-bond donors (Lipinski definition) is 1. The zero-order chi connectivity index (χ0) is 10.1. The monoisotopic (exact) mass is 181 g/mol. The van der Waals surface area contributed by atoms with Crippen molar-refractivity contribution < 1.29 is 0 Å². The molecule has 1 atom stereocenters. The van der Waals surface area contributed by atoms with Crippen molar-refractivity contribution >= 4 is 0 Å². The van der Waals surface area contributed by atoms with E-state index in [4.69, 9.17) is 0 Å². The Labute approximate surface area is 83.3 Å². The fourth-order valence-electron chi connectivity index (χ4n) is 1.39. The molecule has 0 aliphatic heterocycles. The van der Waals surface area contributed by atoms with Gasteiger partial charge in [0, 0.05) is 18.5 Å². The molecule has 0 aliphatic carbocycles. The average Bonchev–Trinajstić information content (AvgIpc) is 2.09. The molecule has 1 nitrogen and oxygen atoms in total. The Bertz CT molecular complexity index is 162. The molecule has 0 rings (SSSR count). The zero-order valence-electron chi connectivity index (χ0n) is 9.48. The maximum atomic E-state index is 3.55. The van der Waals surface area contributed by atoms with E-state index in [0.717, 1.165) is 6.42 Å². The van der Waals surface area contributed by atoms with Gasteiger partial charge in [0.1, 0.15) is 0 Å². The van der Waals surface area contributed by atoms with Gasteiger partial charge in [-0.1, -0.05) is 33.6 Å². The Hall–Kier alpha value is -0.480. The van der Waals surface area contributed by atoms with Crippen molar-refractivity contribution in [3.63, 3.8) is 0 Å². The second-order valence-corrected chi connectivity index (χ2v) is 3.79. The van der Waals surface area contributed by atoms with Gasteiger partial charge in [-0.25, -0.2) is 0 Å². The lowest BCUT2D eigenvalue weighted by Gasteiger charge is -2.18. The normalized spacial score (nSPS) is 12.4. The highest BCUT2D eigenvalue weighted by molar-refractivity contribution is 4.98. The van der Waals surface area contributed by atoms with E-state index in [2.05, 4.69) is 37.9 Å². The molecule has 1 N–H and O–H groups in total. The molecule has 13 heavy (non-hydrogen) atoms. The summed E-state index contributed by atoms with van der Waals surface area (Å²) in [6.07, 6.45) is 4.82. The van der Waals surface area contributed by atoms with Gasteiger partial charge in [-0.05, 0) is 13.3 Å². The molecular weight excluding hydrogens is 158 g/mol. The van der Waals surface area contributed by atoms with Crippen molar-refractivity contribution in [1.82, 2.24) is 5.32 Å². The van der Waals surface area contributed by atoms with Gasteiger partial charge in [0.25, 0.3) is 0 Å². The third kappa shape index (κ3) is 7.87. The molecule has 0 aromatic carbocycles. The Kier molecular flexibility index (Phi) is 7.83. The summed E-state index contributed by atoms with van der Waals surface area (Å²) in [6.45, 7) is 8.53. The molecule has 0 saturated heterocycles. The van der Waals surface area contributed by atoms with Crippen LogP contribution in [-0.4, -0.2) is 12.1 Å². The van der Waals surface area contributed by atoms with Crippen molar-refractivity contribution in [2.24, 2.45) is 0 Å². The maximum Gasteiger partial charge on any atom is 0.0243 e. The average molecular weight is 181 g/mol. The second-order valence-electron chi connectivity index (χ2n) is 3.79. The van der Waals surface area contributed by atoms with E-state index < -0.39 is 0 Å². The summed E-state index contributed by atoms with van der Waals surface area (Å²) in [4.78, 5) is 0. The van der Waals surface area contributed by atoms with Gasteiger partial charge in [0.15, 0.2) is 0 Å². The predicted molar refractivity (Wildman–Crippen MR) is 59.7 cm³/mol. The highest BCUT2D eigenvalue weighted by Gasteiger charge is 2.06. The molecule has 0 bridgehead atoms. The molecule has 76 valence electrons. The molecule has 0 aliphatic rings. The quantitative estimate of drug-likeness (QED) is 0.621. The van der Waals surface area contributed by atoms with Gasteiger partial charge in [-0.3, -0.25) is 0 Å². The summed E-state index contributed by atoms with van der Waals surface area (Å²) >= 11 is 0. The second kappa shape index (κ2) is 8.13. The molecule has 1 heteroatoms. The van der Waals surface area contributed by atoms with Crippen LogP contribution in [0, 0.1) is 11.8 Å². The number of nitrogens with one attached hydrogen (secondary N) is 1. The molecule has 0 saturated carbocycles. The van der Waals surface area contributed by atoms with Crippen LogP contribution in [0.4, 0.5) is 0 Å². The van der Waals surface area contributed by atoms with Gasteiger partial charge >= 0.3 is 0 Å². The summed E-state index contributed by atoms with van der Waals surface area (Å²) in [5.41, 5.74) is 0. The van der Waals surface area contributed by atoms with Crippen LogP contribution in [0.25, 0.3) is 0 Å². The number of rotatable bonds is 6. The first-order valence-electron chi connectivity index (χ1n) is 5.36. The minimum absolute atomic E-state index is 0.570. The van der Waals surface area contributed by atoms with Gasteiger partial charge < -0.3 is 5.32 Å². The molecule has 0 heterocycles. The smallest absolute Gasteiger partial charge is 0.0243 e. The van der Waals surface area contributed by atoms with Crippen molar-refractivity contribution in [2.45, 2.75) is 65.5 Å². The van der Waals surface area contributed by atoms with Crippen LogP contribution >= 0.6 is 0 Å². The van der Waals surface area contributed by atoms with Crippen molar-refractivity contribution in [3.05, 3.63) is 0 Å². The molecule has 0 aromatic heterocycles. The fraction of sp³-hybridized carbons (Fsp3) is 0.833. The first kappa shape index (κ1) is 12.5. The van der Waals surface area contributed by atoms with E-state index in [1.807, 2.05) is 6.92 Å². The van der Waals surface area contributed by atoms with E-state index in [0.29, 0.717) is 12.1 Å². The van der Waals surface area contributed by atoms with E-state index in [1.54, 1.807) is 0 Å². The van der Waals surface area contributed by atoms with Crippen LogP contribution in [-0.2, 0) is 0 Å². The third-order valence-corrected chi connectivity index (χ3v) is 2.00. The fourth-order valence-corrected chi connectivity index (χ4v) is 1.39. The summed E-state index contributed by atoms with van der Waals surface area (Å²) < 4.78 is 0. The van der Waals surface area contributed by atoms with Crippen LogP contribution in [0.15, 0.2) is 0 Å². The van der Waals surface area contributed by atoms with Crippen molar-refractivity contribution in [3.8, 4) is 11.8 Å². The predicted octanol–water partition coefficient (Wildman–Crippen LogP) is 2.96. The van der Waals surface area contributed by atoms with Crippen LogP contribution in [0.3, 0.4) is 0 Å². The maximum absolute atomic E-state index is 3.55. The van der Waals surface area contributed by atoms with Crippen LogP contribution in [0.1, 0.15) is 53.4 Å². The highest BCUT2D eigenvalue weighted by Crippen LogP contribution is 2.04. The lowest BCUT2D eigenvalue weighted by Crippen LogP contribution is -2.34. The van der Waals surface area contributed by atoms with Gasteiger partial charge in [-0.15, -0.1) is 11.8 Å². The highest BCUT2D eigenvalue weighted by atomic mass is 14.9. The standard InChI is InChI=1S/C12H23N/c1-5-7-9-12(10-8-6-2)13-11(3)4/h11-13H,5,7,9-10H2,1-4H3. The summed E-state index contributed by atoms with van der Waals surface area (Å²) in [6, 6.07) is 1.16. The third-order valence-electron chi connectivity index (χ3n) is 2.00. The van der Waals surface area contributed by atoms with Crippen LogP contribution in [0.2, 0.25) is 0 Å². The summed E-state index contributed by atoms with van der Waals surface area (Å²) in [5.74, 6) is 6.11. The summed E-state index contributed by atoms with van der Waals surface area (Å²) in [5, 5.41) is 3.55. The molecule has 0 amide bonds. The topological polar surface area (TPSA) is 12.0 Å². The molecule has 1 unspecified atom stereocenters. The minimum Gasteiger partial charge on any atom is -0.311 e. The molecular formula is C12H23N. The first-order valence-corrected chi connectivity index (χ1v) is 5.36. The molecule has 0 aromatic rings. The summed E-state index contributed by atoms with van der Waals surface area (Å²) in [7, 11) is 0. The van der Waals surface area contributed by atoms with Crippen LogP contribution < -0.4 is 5.32 Å².